The highest BCUT2D eigenvalue weighted by molar-refractivity contribution is 5.95. The van der Waals surface area contributed by atoms with Gasteiger partial charge in [0.2, 0.25) is 0 Å². The van der Waals surface area contributed by atoms with Crippen molar-refractivity contribution in [3.05, 3.63) is 53.1 Å². The Hall–Kier alpha value is -2.21. The molecule has 5 nitrogen and oxygen atoms in total. The number of hydrogen-bond donors (Lipinski definition) is 1. The number of amides is 1. The van der Waals surface area contributed by atoms with E-state index in [1.807, 2.05) is 17.0 Å². The first-order valence-electron chi connectivity index (χ1n) is 10.3. The number of carbonyl (C=O) groups is 1. The fraction of sp³-hybridized carbons (Fsp3) is 0.545. The Morgan fingerprint density at radius 2 is 2.04 bits per heavy atom. The minimum atomic E-state index is -0.209. The van der Waals surface area contributed by atoms with Crippen LogP contribution in [0.4, 0.5) is 4.39 Å². The number of hydrogen-bond acceptors (Lipinski definition) is 3. The van der Waals surface area contributed by atoms with E-state index in [1.54, 1.807) is 6.20 Å². The van der Waals surface area contributed by atoms with Crippen LogP contribution in [0.5, 0.6) is 0 Å². The molecule has 152 valence electrons. The zero-order valence-corrected chi connectivity index (χ0v) is 17.1. The van der Waals surface area contributed by atoms with Crippen LogP contribution < -0.4 is 0 Å². The fourth-order valence-corrected chi connectivity index (χ4v) is 4.01. The molecule has 1 saturated heterocycles. The van der Waals surface area contributed by atoms with Crippen molar-refractivity contribution in [2.45, 2.75) is 52.6 Å². The second-order valence-electron chi connectivity index (χ2n) is 8.03. The van der Waals surface area contributed by atoms with Gasteiger partial charge in [-0.2, -0.15) is 5.10 Å². The molecule has 1 aromatic heterocycles. The van der Waals surface area contributed by atoms with E-state index < -0.39 is 0 Å². The van der Waals surface area contributed by atoms with Gasteiger partial charge in [0, 0.05) is 37.9 Å². The lowest BCUT2D eigenvalue weighted by Crippen LogP contribution is -2.45. The molecule has 28 heavy (non-hydrogen) atoms. The molecule has 0 aliphatic carbocycles. The predicted molar refractivity (Wildman–Crippen MR) is 109 cm³/mol. The van der Waals surface area contributed by atoms with Crippen molar-refractivity contribution >= 4 is 5.91 Å². The van der Waals surface area contributed by atoms with Gasteiger partial charge in [0.1, 0.15) is 5.82 Å². The standard InChI is InChI=1S/C22H31FN4O/c1-4-6-20-19(13-24-25-20)22(28)27-12-5-11-26(21(15-27)16(2)3)14-17-7-9-18(23)10-8-17/h7-10,13,16,21H,4-6,11-12,14-15H2,1-3H3,(H,24,25). The summed E-state index contributed by atoms with van der Waals surface area (Å²) in [6.45, 7) is 9.67. The lowest BCUT2D eigenvalue weighted by atomic mass is 10.0. The summed E-state index contributed by atoms with van der Waals surface area (Å²) in [5.74, 6) is 0.277. The first kappa shape index (κ1) is 20.5. The van der Waals surface area contributed by atoms with Crippen LogP contribution in [0.1, 0.15) is 55.2 Å². The number of carbonyl (C=O) groups excluding carboxylic acids is 1. The van der Waals surface area contributed by atoms with Crippen LogP contribution in [-0.2, 0) is 13.0 Å². The second kappa shape index (κ2) is 9.32. The van der Waals surface area contributed by atoms with Crippen LogP contribution >= 0.6 is 0 Å². The Kier molecular flexibility index (Phi) is 6.83. The average Bonchev–Trinajstić information content (AvgIpc) is 3.02. The average molecular weight is 387 g/mol. The van der Waals surface area contributed by atoms with Gasteiger partial charge < -0.3 is 4.90 Å². The maximum atomic E-state index is 13.2. The van der Waals surface area contributed by atoms with Crippen LogP contribution in [0, 0.1) is 11.7 Å². The molecule has 0 bridgehead atoms. The topological polar surface area (TPSA) is 52.2 Å². The number of rotatable bonds is 6. The van der Waals surface area contributed by atoms with Gasteiger partial charge in [-0.1, -0.05) is 39.3 Å². The summed E-state index contributed by atoms with van der Waals surface area (Å²) in [6, 6.07) is 6.99. The van der Waals surface area contributed by atoms with Crippen molar-refractivity contribution in [3.63, 3.8) is 0 Å². The number of nitrogens with zero attached hydrogens (tertiary/aromatic N) is 3. The molecule has 1 aliphatic heterocycles. The third kappa shape index (κ3) is 4.79. The molecule has 1 fully saturated rings. The molecule has 1 atom stereocenters. The minimum absolute atomic E-state index is 0.0754. The highest BCUT2D eigenvalue weighted by Crippen LogP contribution is 2.22. The summed E-state index contributed by atoms with van der Waals surface area (Å²) in [7, 11) is 0. The summed E-state index contributed by atoms with van der Waals surface area (Å²) in [6.07, 6.45) is 4.40. The molecule has 1 unspecified atom stereocenters. The molecular weight excluding hydrogens is 355 g/mol. The molecule has 0 spiro atoms. The number of aromatic amines is 1. The Morgan fingerprint density at radius 3 is 2.71 bits per heavy atom. The van der Waals surface area contributed by atoms with Gasteiger partial charge in [0.15, 0.2) is 0 Å². The number of benzene rings is 1. The lowest BCUT2D eigenvalue weighted by Gasteiger charge is -2.34. The predicted octanol–water partition coefficient (Wildman–Crippen LogP) is 3.87. The number of aryl methyl sites for hydroxylation is 1. The SMILES string of the molecule is CCCc1[nH]ncc1C(=O)N1CCCN(Cc2ccc(F)cc2)C(C(C)C)C1. The molecule has 0 saturated carbocycles. The Morgan fingerprint density at radius 1 is 1.29 bits per heavy atom. The van der Waals surface area contributed by atoms with E-state index in [0.717, 1.165) is 50.2 Å². The van der Waals surface area contributed by atoms with Crippen molar-refractivity contribution in [2.24, 2.45) is 5.92 Å². The largest absolute Gasteiger partial charge is 0.337 e. The summed E-state index contributed by atoms with van der Waals surface area (Å²) in [5, 5.41) is 7.08. The van der Waals surface area contributed by atoms with E-state index >= 15 is 0 Å². The van der Waals surface area contributed by atoms with Gasteiger partial charge in [0.25, 0.3) is 5.91 Å². The molecule has 2 heterocycles. The Bertz CT molecular complexity index is 771. The molecule has 1 N–H and O–H groups in total. The molecule has 1 amide bonds. The number of aromatic nitrogens is 2. The normalized spacial score (nSPS) is 18.5. The molecule has 3 rings (SSSR count). The Labute approximate surface area is 166 Å². The number of halogens is 1. The van der Waals surface area contributed by atoms with Gasteiger partial charge in [0.05, 0.1) is 11.8 Å². The summed E-state index contributed by atoms with van der Waals surface area (Å²) in [4.78, 5) is 17.6. The van der Waals surface area contributed by atoms with E-state index in [2.05, 4.69) is 35.9 Å². The van der Waals surface area contributed by atoms with E-state index in [4.69, 9.17) is 0 Å². The summed E-state index contributed by atoms with van der Waals surface area (Å²) >= 11 is 0. The number of nitrogens with one attached hydrogen (secondary N) is 1. The summed E-state index contributed by atoms with van der Waals surface area (Å²) in [5.41, 5.74) is 2.74. The smallest absolute Gasteiger partial charge is 0.257 e. The van der Waals surface area contributed by atoms with Crippen molar-refractivity contribution in [3.8, 4) is 0 Å². The van der Waals surface area contributed by atoms with Crippen LogP contribution in [0.3, 0.4) is 0 Å². The fourth-order valence-electron chi connectivity index (χ4n) is 4.01. The van der Waals surface area contributed by atoms with Gasteiger partial charge in [-0.05, 0) is 36.5 Å². The van der Waals surface area contributed by atoms with E-state index in [-0.39, 0.29) is 17.8 Å². The van der Waals surface area contributed by atoms with Gasteiger partial charge >= 0.3 is 0 Å². The third-order valence-corrected chi connectivity index (χ3v) is 5.55. The van der Waals surface area contributed by atoms with Crippen molar-refractivity contribution < 1.29 is 9.18 Å². The van der Waals surface area contributed by atoms with Crippen molar-refractivity contribution in [2.75, 3.05) is 19.6 Å². The lowest BCUT2D eigenvalue weighted by molar-refractivity contribution is 0.0701. The maximum Gasteiger partial charge on any atom is 0.257 e. The van der Waals surface area contributed by atoms with Crippen LogP contribution in [0.2, 0.25) is 0 Å². The zero-order chi connectivity index (χ0) is 20.1. The zero-order valence-electron chi connectivity index (χ0n) is 17.1. The first-order chi connectivity index (χ1) is 13.5. The van der Waals surface area contributed by atoms with Crippen LogP contribution in [-0.4, -0.2) is 51.6 Å². The summed E-state index contributed by atoms with van der Waals surface area (Å²) < 4.78 is 13.2. The molecular formula is C22H31FN4O. The first-order valence-corrected chi connectivity index (χ1v) is 10.3. The second-order valence-corrected chi connectivity index (χ2v) is 8.03. The molecule has 2 aromatic rings. The minimum Gasteiger partial charge on any atom is -0.337 e. The van der Waals surface area contributed by atoms with Crippen LogP contribution in [0.15, 0.2) is 30.5 Å². The van der Waals surface area contributed by atoms with Gasteiger partial charge in [-0.15, -0.1) is 0 Å². The van der Waals surface area contributed by atoms with Gasteiger partial charge in [-0.3, -0.25) is 14.8 Å². The van der Waals surface area contributed by atoms with Gasteiger partial charge in [-0.25, -0.2) is 4.39 Å². The quantitative estimate of drug-likeness (QED) is 0.820. The number of H-pyrrole nitrogens is 1. The van der Waals surface area contributed by atoms with E-state index in [0.29, 0.717) is 18.0 Å². The van der Waals surface area contributed by atoms with E-state index in [9.17, 15) is 9.18 Å². The van der Waals surface area contributed by atoms with E-state index in [1.165, 1.54) is 12.1 Å². The Balaban J connectivity index is 1.75. The maximum absolute atomic E-state index is 13.2. The third-order valence-electron chi connectivity index (χ3n) is 5.55. The molecule has 1 aromatic carbocycles. The highest BCUT2D eigenvalue weighted by atomic mass is 19.1. The highest BCUT2D eigenvalue weighted by Gasteiger charge is 2.31. The van der Waals surface area contributed by atoms with Crippen molar-refractivity contribution in [1.82, 2.24) is 20.0 Å². The molecule has 6 heteroatoms. The monoisotopic (exact) mass is 386 g/mol. The van der Waals surface area contributed by atoms with Crippen molar-refractivity contribution in [1.29, 1.82) is 0 Å². The molecule has 1 aliphatic rings. The van der Waals surface area contributed by atoms with Crippen LogP contribution in [0.25, 0.3) is 0 Å². The molecule has 0 radical (unpaired) electrons.